The van der Waals surface area contributed by atoms with Crippen molar-refractivity contribution in [1.82, 2.24) is 14.9 Å². The van der Waals surface area contributed by atoms with E-state index in [0.717, 1.165) is 41.4 Å². The van der Waals surface area contributed by atoms with Gasteiger partial charge in [-0.05, 0) is 44.5 Å². The number of hydrogen-bond acceptors (Lipinski definition) is 5. The number of benzene rings is 1. The minimum absolute atomic E-state index is 0.00440. The predicted octanol–water partition coefficient (Wildman–Crippen LogP) is 4.26. The fourth-order valence-corrected chi connectivity index (χ4v) is 4.11. The molecule has 2 unspecified atom stereocenters. The van der Waals surface area contributed by atoms with Crippen LogP contribution in [0, 0.1) is 12.8 Å². The number of hydrogen-bond donors (Lipinski definition) is 1. The molecule has 0 saturated heterocycles. The molecule has 3 aromatic rings. The summed E-state index contributed by atoms with van der Waals surface area (Å²) in [5, 5.41) is 5.06. The highest BCUT2D eigenvalue weighted by Gasteiger charge is 2.32. The summed E-state index contributed by atoms with van der Waals surface area (Å²) in [6.07, 6.45) is 7.81. The quantitative estimate of drug-likeness (QED) is 0.735. The lowest BCUT2D eigenvalue weighted by atomic mass is 9.83. The zero-order valence-corrected chi connectivity index (χ0v) is 16.6. The molecule has 1 amide bonds. The normalized spacial score (nSPS) is 19.9. The Morgan fingerprint density at radius 3 is 2.68 bits per heavy atom. The van der Waals surface area contributed by atoms with Gasteiger partial charge in [0.1, 0.15) is 5.82 Å². The average Bonchev–Trinajstić information content (AvgIpc) is 3.13. The molecule has 0 bridgehead atoms. The van der Waals surface area contributed by atoms with Gasteiger partial charge < -0.3 is 14.6 Å². The fraction of sp³-hybridized carbons (Fsp3) is 0.409. The van der Waals surface area contributed by atoms with E-state index >= 15 is 0 Å². The van der Waals surface area contributed by atoms with E-state index in [-0.39, 0.29) is 17.9 Å². The van der Waals surface area contributed by atoms with E-state index in [1.54, 1.807) is 12.4 Å². The Kier molecular flexibility index (Phi) is 5.13. The minimum Gasteiger partial charge on any atom is -0.441 e. The number of pyridine rings is 1. The molecule has 0 spiro atoms. The largest absolute Gasteiger partial charge is 0.441 e. The lowest BCUT2D eigenvalue weighted by molar-refractivity contribution is -0.122. The van der Waals surface area contributed by atoms with Gasteiger partial charge >= 0.3 is 0 Å². The number of carbonyl (C=O) groups excluding carboxylic acids is 1. The number of aryl methyl sites for hydroxylation is 1. The van der Waals surface area contributed by atoms with E-state index in [2.05, 4.69) is 34.3 Å². The van der Waals surface area contributed by atoms with Gasteiger partial charge in [-0.25, -0.2) is 9.97 Å². The zero-order chi connectivity index (χ0) is 19.7. The summed E-state index contributed by atoms with van der Waals surface area (Å²) >= 11 is 0. The fourth-order valence-electron chi connectivity index (χ4n) is 4.11. The smallest absolute Gasteiger partial charge is 0.230 e. The third-order valence-electron chi connectivity index (χ3n) is 5.61. The van der Waals surface area contributed by atoms with Gasteiger partial charge in [0.05, 0.1) is 12.1 Å². The SMILES string of the molecule is Cc1ncc(-c2ccc3cnc(NC(=O)C4CCCCC4N(C)C)cc3c2)o1. The lowest BCUT2D eigenvalue weighted by Crippen LogP contribution is -2.43. The van der Waals surface area contributed by atoms with Crippen molar-refractivity contribution in [3.63, 3.8) is 0 Å². The van der Waals surface area contributed by atoms with Gasteiger partial charge in [0.25, 0.3) is 0 Å². The van der Waals surface area contributed by atoms with Crippen LogP contribution in [0.1, 0.15) is 31.6 Å². The number of oxazole rings is 1. The molecule has 1 aromatic carbocycles. The second kappa shape index (κ2) is 7.72. The van der Waals surface area contributed by atoms with Gasteiger partial charge in [-0.3, -0.25) is 4.79 Å². The molecular formula is C22H26N4O2. The molecule has 2 aromatic heterocycles. The Labute approximate surface area is 165 Å². The van der Waals surface area contributed by atoms with Crippen LogP contribution in [0.4, 0.5) is 5.82 Å². The second-order valence-electron chi connectivity index (χ2n) is 7.79. The highest BCUT2D eigenvalue weighted by molar-refractivity contribution is 5.95. The molecule has 6 heteroatoms. The second-order valence-corrected chi connectivity index (χ2v) is 7.79. The van der Waals surface area contributed by atoms with Crippen LogP contribution >= 0.6 is 0 Å². The highest BCUT2D eigenvalue weighted by Crippen LogP contribution is 2.29. The molecule has 1 N–H and O–H groups in total. The number of fused-ring (bicyclic) bond motifs is 1. The van der Waals surface area contributed by atoms with Crippen molar-refractivity contribution in [3.8, 4) is 11.3 Å². The first-order valence-corrected chi connectivity index (χ1v) is 9.81. The van der Waals surface area contributed by atoms with Crippen molar-refractivity contribution in [2.24, 2.45) is 5.92 Å². The van der Waals surface area contributed by atoms with Crippen molar-refractivity contribution >= 4 is 22.5 Å². The summed E-state index contributed by atoms with van der Waals surface area (Å²) in [7, 11) is 4.11. The summed E-state index contributed by atoms with van der Waals surface area (Å²) in [5.74, 6) is 2.03. The Morgan fingerprint density at radius 2 is 1.93 bits per heavy atom. The minimum atomic E-state index is 0.00440. The lowest BCUT2D eigenvalue weighted by Gasteiger charge is -2.35. The van der Waals surface area contributed by atoms with Gasteiger partial charge in [-0.1, -0.05) is 25.0 Å². The van der Waals surface area contributed by atoms with Crippen LogP contribution in [0.5, 0.6) is 0 Å². The number of nitrogens with one attached hydrogen (secondary N) is 1. The standard InChI is InChI=1S/C22H26N4O2/c1-14-23-13-20(28-14)15-8-9-16-12-24-21(11-17(16)10-15)25-22(27)18-6-4-5-7-19(18)26(2)3/h8-13,18-19H,4-7H2,1-3H3,(H,24,25,27). The van der Waals surface area contributed by atoms with Crippen LogP contribution in [-0.4, -0.2) is 40.9 Å². The highest BCUT2D eigenvalue weighted by atomic mass is 16.4. The topological polar surface area (TPSA) is 71.3 Å². The molecule has 28 heavy (non-hydrogen) atoms. The Hall–Kier alpha value is -2.73. The van der Waals surface area contributed by atoms with Gasteiger partial charge in [0.15, 0.2) is 11.7 Å². The van der Waals surface area contributed by atoms with Crippen molar-refractivity contribution in [2.75, 3.05) is 19.4 Å². The van der Waals surface area contributed by atoms with Crippen LogP contribution in [0.2, 0.25) is 0 Å². The molecule has 2 atom stereocenters. The first kappa shape index (κ1) is 18.6. The van der Waals surface area contributed by atoms with Crippen molar-refractivity contribution in [1.29, 1.82) is 0 Å². The summed E-state index contributed by atoms with van der Waals surface area (Å²) in [5.41, 5.74) is 0.955. The van der Waals surface area contributed by atoms with E-state index in [1.165, 1.54) is 6.42 Å². The van der Waals surface area contributed by atoms with E-state index in [0.29, 0.717) is 11.7 Å². The predicted molar refractivity (Wildman–Crippen MR) is 110 cm³/mol. The maximum absolute atomic E-state index is 12.9. The Morgan fingerprint density at radius 1 is 1.11 bits per heavy atom. The summed E-state index contributed by atoms with van der Waals surface area (Å²) in [4.78, 5) is 23.7. The van der Waals surface area contributed by atoms with E-state index < -0.39 is 0 Å². The zero-order valence-electron chi connectivity index (χ0n) is 16.6. The molecule has 1 aliphatic rings. The maximum Gasteiger partial charge on any atom is 0.230 e. The molecular weight excluding hydrogens is 352 g/mol. The first-order chi connectivity index (χ1) is 13.5. The average molecular weight is 378 g/mol. The molecule has 6 nitrogen and oxygen atoms in total. The van der Waals surface area contributed by atoms with E-state index in [1.807, 2.05) is 31.2 Å². The van der Waals surface area contributed by atoms with Crippen LogP contribution in [0.3, 0.4) is 0 Å². The monoisotopic (exact) mass is 378 g/mol. The molecule has 4 rings (SSSR count). The van der Waals surface area contributed by atoms with Crippen LogP contribution in [-0.2, 0) is 4.79 Å². The van der Waals surface area contributed by atoms with Crippen molar-refractivity contribution in [2.45, 2.75) is 38.6 Å². The third-order valence-corrected chi connectivity index (χ3v) is 5.61. The summed E-state index contributed by atoms with van der Waals surface area (Å²) < 4.78 is 5.63. The molecule has 1 fully saturated rings. The molecule has 0 aliphatic heterocycles. The van der Waals surface area contributed by atoms with Crippen LogP contribution in [0.15, 0.2) is 41.1 Å². The third kappa shape index (κ3) is 3.78. The molecule has 1 saturated carbocycles. The van der Waals surface area contributed by atoms with E-state index in [9.17, 15) is 4.79 Å². The van der Waals surface area contributed by atoms with Gasteiger partial charge in [0.2, 0.25) is 5.91 Å². The number of carbonyl (C=O) groups is 1. The van der Waals surface area contributed by atoms with Gasteiger partial charge in [-0.2, -0.15) is 0 Å². The van der Waals surface area contributed by atoms with Crippen LogP contribution in [0.25, 0.3) is 22.1 Å². The number of anilines is 1. The van der Waals surface area contributed by atoms with E-state index in [4.69, 9.17) is 4.42 Å². The summed E-state index contributed by atoms with van der Waals surface area (Å²) in [6.45, 7) is 1.83. The van der Waals surface area contributed by atoms with Gasteiger partial charge in [0, 0.05) is 30.1 Å². The van der Waals surface area contributed by atoms with Crippen LogP contribution < -0.4 is 5.32 Å². The Balaban J connectivity index is 1.57. The number of rotatable bonds is 4. The molecule has 1 aliphatic carbocycles. The number of aromatic nitrogens is 2. The molecule has 146 valence electrons. The maximum atomic E-state index is 12.9. The molecule has 0 radical (unpaired) electrons. The van der Waals surface area contributed by atoms with Gasteiger partial charge in [-0.15, -0.1) is 0 Å². The first-order valence-electron chi connectivity index (χ1n) is 9.81. The summed E-state index contributed by atoms with van der Waals surface area (Å²) in [6, 6.07) is 8.25. The molecule has 2 heterocycles. The number of amides is 1. The number of nitrogens with zero attached hydrogens (tertiary/aromatic N) is 3. The van der Waals surface area contributed by atoms with Crippen molar-refractivity contribution in [3.05, 3.63) is 42.5 Å². The van der Waals surface area contributed by atoms with Crippen molar-refractivity contribution < 1.29 is 9.21 Å². The Bertz CT molecular complexity index is 995.